The lowest BCUT2D eigenvalue weighted by Crippen LogP contribution is -2.50. The van der Waals surface area contributed by atoms with E-state index in [9.17, 15) is 14.7 Å². The second kappa shape index (κ2) is 7.14. The van der Waals surface area contributed by atoms with Gasteiger partial charge < -0.3 is 20.1 Å². The maximum Gasteiger partial charge on any atom is 0.254 e. The fourth-order valence-corrected chi connectivity index (χ4v) is 2.16. The van der Waals surface area contributed by atoms with E-state index in [1.165, 1.54) is 6.92 Å². The van der Waals surface area contributed by atoms with Gasteiger partial charge in [-0.3, -0.25) is 14.6 Å². The Morgan fingerprint density at radius 1 is 1.57 bits per heavy atom. The number of nitrogens with zero attached hydrogens (tertiary/aromatic N) is 2. The molecule has 0 bridgehead atoms. The number of amides is 2. The average Bonchev–Trinajstić information content (AvgIpc) is 2.52. The minimum Gasteiger partial charge on any atom is -0.394 e. The third kappa shape index (κ3) is 3.99. The van der Waals surface area contributed by atoms with Gasteiger partial charge >= 0.3 is 0 Å². The first-order valence-corrected chi connectivity index (χ1v) is 6.80. The van der Waals surface area contributed by atoms with Crippen LogP contribution in [-0.2, 0) is 16.1 Å². The van der Waals surface area contributed by atoms with Crippen molar-refractivity contribution >= 4 is 11.8 Å². The van der Waals surface area contributed by atoms with Gasteiger partial charge in [0.05, 0.1) is 38.1 Å². The summed E-state index contributed by atoms with van der Waals surface area (Å²) in [6.45, 7) is 2.83. The summed E-state index contributed by atoms with van der Waals surface area (Å²) in [5.41, 5.74) is 1.11. The standard InChI is InChI=1S/C14H19N3O4/c1-10(19)16-7-12-6-11(2-3-15-12)14(20)17-4-5-21-9-13(17)8-18/h2-3,6,13,18H,4-5,7-9H2,1H3,(H,16,19). The largest absolute Gasteiger partial charge is 0.394 e. The molecule has 0 spiro atoms. The lowest BCUT2D eigenvalue weighted by molar-refractivity contribution is -0.119. The molecule has 0 aromatic carbocycles. The molecule has 1 fully saturated rings. The Bertz CT molecular complexity index is 521. The summed E-state index contributed by atoms with van der Waals surface area (Å²) in [6, 6.07) is 2.96. The quantitative estimate of drug-likeness (QED) is 0.784. The lowest BCUT2D eigenvalue weighted by atomic mass is 10.1. The van der Waals surface area contributed by atoms with E-state index in [0.29, 0.717) is 31.0 Å². The summed E-state index contributed by atoms with van der Waals surface area (Å²) >= 11 is 0. The second-order valence-corrected chi connectivity index (χ2v) is 4.86. The first kappa shape index (κ1) is 15.4. The topological polar surface area (TPSA) is 91.8 Å². The fraction of sp³-hybridized carbons (Fsp3) is 0.500. The van der Waals surface area contributed by atoms with Crippen LogP contribution in [0.5, 0.6) is 0 Å². The molecule has 1 aromatic heterocycles. The number of rotatable bonds is 4. The Balaban J connectivity index is 2.11. The van der Waals surface area contributed by atoms with E-state index in [1.54, 1.807) is 23.2 Å². The van der Waals surface area contributed by atoms with Gasteiger partial charge in [-0.05, 0) is 12.1 Å². The number of pyridine rings is 1. The Morgan fingerprint density at radius 2 is 2.38 bits per heavy atom. The average molecular weight is 293 g/mol. The Kier molecular flexibility index (Phi) is 5.24. The van der Waals surface area contributed by atoms with E-state index < -0.39 is 0 Å². The SMILES string of the molecule is CC(=O)NCc1cc(C(=O)N2CCOCC2CO)ccn1. The van der Waals surface area contributed by atoms with Gasteiger partial charge in [-0.2, -0.15) is 0 Å². The summed E-state index contributed by atoms with van der Waals surface area (Å²) in [7, 11) is 0. The number of carbonyl (C=O) groups excluding carboxylic acids is 2. The third-order valence-electron chi connectivity index (χ3n) is 3.28. The first-order chi connectivity index (χ1) is 10.1. The van der Waals surface area contributed by atoms with Gasteiger partial charge in [0.1, 0.15) is 0 Å². The summed E-state index contributed by atoms with van der Waals surface area (Å²) in [6.07, 6.45) is 1.54. The Labute approximate surface area is 122 Å². The van der Waals surface area contributed by atoms with Crippen molar-refractivity contribution in [3.05, 3.63) is 29.6 Å². The van der Waals surface area contributed by atoms with Crippen LogP contribution in [0.15, 0.2) is 18.3 Å². The number of aromatic nitrogens is 1. The third-order valence-corrected chi connectivity index (χ3v) is 3.28. The Hall–Kier alpha value is -1.99. The Morgan fingerprint density at radius 3 is 3.10 bits per heavy atom. The molecule has 7 heteroatoms. The van der Waals surface area contributed by atoms with Crippen molar-refractivity contribution in [2.75, 3.05) is 26.4 Å². The second-order valence-electron chi connectivity index (χ2n) is 4.86. The lowest BCUT2D eigenvalue weighted by Gasteiger charge is -2.34. The van der Waals surface area contributed by atoms with Crippen molar-refractivity contribution in [3.63, 3.8) is 0 Å². The van der Waals surface area contributed by atoms with Crippen molar-refractivity contribution in [1.82, 2.24) is 15.2 Å². The molecule has 2 amide bonds. The molecular formula is C14H19N3O4. The van der Waals surface area contributed by atoms with E-state index in [-0.39, 0.29) is 31.0 Å². The molecule has 7 nitrogen and oxygen atoms in total. The van der Waals surface area contributed by atoms with Gasteiger partial charge in [0.2, 0.25) is 5.91 Å². The fourth-order valence-electron chi connectivity index (χ4n) is 2.16. The maximum atomic E-state index is 12.5. The van der Waals surface area contributed by atoms with Crippen molar-refractivity contribution in [2.24, 2.45) is 0 Å². The smallest absolute Gasteiger partial charge is 0.254 e. The number of hydrogen-bond acceptors (Lipinski definition) is 5. The van der Waals surface area contributed by atoms with Gasteiger partial charge in [-0.1, -0.05) is 0 Å². The van der Waals surface area contributed by atoms with Gasteiger partial charge in [0, 0.05) is 25.2 Å². The van der Waals surface area contributed by atoms with Crippen LogP contribution in [0.2, 0.25) is 0 Å². The zero-order chi connectivity index (χ0) is 15.2. The highest BCUT2D eigenvalue weighted by Gasteiger charge is 2.27. The molecule has 1 unspecified atom stereocenters. The van der Waals surface area contributed by atoms with Crippen LogP contribution in [0.3, 0.4) is 0 Å². The number of aliphatic hydroxyl groups is 1. The molecule has 0 radical (unpaired) electrons. The van der Waals surface area contributed by atoms with Crippen molar-refractivity contribution in [1.29, 1.82) is 0 Å². The molecule has 2 heterocycles. The van der Waals surface area contributed by atoms with Crippen molar-refractivity contribution in [2.45, 2.75) is 19.5 Å². The van der Waals surface area contributed by atoms with Crippen LogP contribution in [0.25, 0.3) is 0 Å². The van der Waals surface area contributed by atoms with Gasteiger partial charge in [0.15, 0.2) is 0 Å². The molecule has 1 atom stereocenters. The minimum absolute atomic E-state index is 0.129. The van der Waals surface area contributed by atoms with Crippen LogP contribution < -0.4 is 5.32 Å². The van der Waals surface area contributed by atoms with Gasteiger partial charge in [-0.15, -0.1) is 0 Å². The molecule has 21 heavy (non-hydrogen) atoms. The summed E-state index contributed by atoms with van der Waals surface area (Å²) in [5.74, 6) is -0.314. The number of hydrogen-bond donors (Lipinski definition) is 2. The number of aliphatic hydroxyl groups excluding tert-OH is 1. The van der Waals surface area contributed by atoms with Gasteiger partial charge in [-0.25, -0.2) is 0 Å². The van der Waals surface area contributed by atoms with Crippen LogP contribution >= 0.6 is 0 Å². The minimum atomic E-state index is -0.321. The van der Waals surface area contributed by atoms with Crippen LogP contribution in [0.1, 0.15) is 23.0 Å². The monoisotopic (exact) mass is 293 g/mol. The first-order valence-electron chi connectivity index (χ1n) is 6.80. The van der Waals surface area contributed by atoms with Crippen molar-refractivity contribution in [3.8, 4) is 0 Å². The van der Waals surface area contributed by atoms with Crippen LogP contribution in [0.4, 0.5) is 0 Å². The molecule has 1 saturated heterocycles. The molecule has 1 aromatic rings. The number of morpholine rings is 1. The van der Waals surface area contributed by atoms with E-state index in [2.05, 4.69) is 10.3 Å². The van der Waals surface area contributed by atoms with Crippen molar-refractivity contribution < 1.29 is 19.4 Å². The van der Waals surface area contributed by atoms with E-state index in [4.69, 9.17) is 4.74 Å². The highest BCUT2D eigenvalue weighted by molar-refractivity contribution is 5.94. The van der Waals surface area contributed by atoms with E-state index >= 15 is 0 Å². The summed E-state index contributed by atoms with van der Waals surface area (Å²) < 4.78 is 5.26. The van der Waals surface area contributed by atoms with E-state index in [0.717, 1.165) is 0 Å². The van der Waals surface area contributed by atoms with Gasteiger partial charge in [0.25, 0.3) is 5.91 Å². The molecule has 1 aliphatic heterocycles. The summed E-state index contributed by atoms with van der Waals surface area (Å²) in [4.78, 5) is 29.1. The molecule has 2 rings (SSSR count). The predicted molar refractivity (Wildman–Crippen MR) is 74.5 cm³/mol. The molecule has 114 valence electrons. The number of nitrogens with one attached hydrogen (secondary N) is 1. The highest BCUT2D eigenvalue weighted by atomic mass is 16.5. The molecular weight excluding hydrogens is 274 g/mol. The van der Waals surface area contributed by atoms with E-state index in [1.807, 2.05) is 0 Å². The summed E-state index contributed by atoms with van der Waals surface area (Å²) in [5, 5.41) is 12.0. The number of ether oxygens (including phenoxy) is 1. The zero-order valence-corrected chi connectivity index (χ0v) is 11.9. The number of carbonyl (C=O) groups is 2. The molecule has 2 N–H and O–H groups in total. The zero-order valence-electron chi connectivity index (χ0n) is 11.9. The van der Waals surface area contributed by atoms with Crippen LogP contribution in [0, 0.1) is 0 Å². The highest BCUT2D eigenvalue weighted by Crippen LogP contribution is 2.13. The maximum absolute atomic E-state index is 12.5. The molecule has 1 aliphatic rings. The normalized spacial score (nSPS) is 18.4. The van der Waals surface area contributed by atoms with Crippen LogP contribution in [-0.4, -0.2) is 59.2 Å². The molecule has 0 saturated carbocycles. The molecule has 0 aliphatic carbocycles. The predicted octanol–water partition coefficient (Wildman–Crippen LogP) is -0.449.